The summed E-state index contributed by atoms with van der Waals surface area (Å²) >= 11 is 2.19. The van der Waals surface area contributed by atoms with Crippen molar-refractivity contribution in [3.63, 3.8) is 0 Å². The van der Waals surface area contributed by atoms with Crippen LogP contribution in [-0.2, 0) is 0 Å². The molecule has 2 atom stereocenters. The summed E-state index contributed by atoms with van der Waals surface area (Å²) in [4.78, 5) is 0. The number of hydrogen-bond donors (Lipinski definition) is 1. The van der Waals surface area contributed by atoms with Gasteiger partial charge in [0.15, 0.2) is 0 Å². The van der Waals surface area contributed by atoms with Crippen LogP contribution in [0.25, 0.3) is 0 Å². The van der Waals surface area contributed by atoms with E-state index in [2.05, 4.69) is 17.1 Å². The summed E-state index contributed by atoms with van der Waals surface area (Å²) in [6.07, 6.45) is 7.41. The molecule has 0 aromatic rings. The van der Waals surface area contributed by atoms with E-state index < -0.39 is 0 Å². The van der Waals surface area contributed by atoms with Crippen molar-refractivity contribution < 1.29 is 0 Å². The minimum atomic E-state index is 0.810. The molecular formula is C11H19NS. The van der Waals surface area contributed by atoms with Crippen LogP contribution in [0.15, 0.2) is 0 Å². The second kappa shape index (κ2) is 3.16. The minimum absolute atomic E-state index is 0.810. The Labute approximate surface area is 85.0 Å². The van der Waals surface area contributed by atoms with E-state index in [4.69, 9.17) is 0 Å². The van der Waals surface area contributed by atoms with E-state index in [1.807, 2.05) is 0 Å². The van der Waals surface area contributed by atoms with Gasteiger partial charge in [0.05, 0.1) is 0 Å². The van der Waals surface area contributed by atoms with Crippen LogP contribution < -0.4 is 5.32 Å². The molecule has 1 spiro atoms. The minimum Gasteiger partial charge on any atom is -0.314 e. The highest BCUT2D eigenvalue weighted by Gasteiger charge is 2.53. The molecule has 2 aliphatic carbocycles. The zero-order valence-electron chi connectivity index (χ0n) is 8.22. The highest BCUT2D eigenvalue weighted by atomic mass is 32.2. The summed E-state index contributed by atoms with van der Waals surface area (Å²) < 4.78 is 0. The van der Waals surface area contributed by atoms with Gasteiger partial charge < -0.3 is 5.32 Å². The van der Waals surface area contributed by atoms with E-state index in [1.54, 1.807) is 0 Å². The lowest BCUT2D eigenvalue weighted by Crippen LogP contribution is -2.23. The Bertz CT molecular complexity index is 194. The predicted molar refractivity (Wildman–Crippen MR) is 58.1 cm³/mol. The van der Waals surface area contributed by atoms with Crippen LogP contribution in [0.1, 0.15) is 32.1 Å². The van der Waals surface area contributed by atoms with Crippen molar-refractivity contribution >= 4 is 11.8 Å². The molecule has 3 fully saturated rings. The molecule has 2 unspecified atom stereocenters. The molecule has 2 saturated carbocycles. The van der Waals surface area contributed by atoms with Crippen molar-refractivity contribution in [2.24, 2.45) is 11.3 Å². The lowest BCUT2D eigenvalue weighted by atomic mass is 9.99. The van der Waals surface area contributed by atoms with E-state index in [0.717, 1.165) is 17.4 Å². The summed E-state index contributed by atoms with van der Waals surface area (Å²) in [6.45, 7) is 1.32. The monoisotopic (exact) mass is 197 g/mol. The molecule has 1 aliphatic heterocycles. The van der Waals surface area contributed by atoms with Gasteiger partial charge in [-0.1, -0.05) is 0 Å². The van der Waals surface area contributed by atoms with Gasteiger partial charge in [-0.25, -0.2) is 0 Å². The van der Waals surface area contributed by atoms with Crippen LogP contribution in [0.3, 0.4) is 0 Å². The third-order valence-electron chi connectivity index (χ3n) is 3.94. The van der Waals surface area contributed by atoms with Gasteiger partial charge in [0.25, 0.3) is 0 Å². The second-order valence-electron chi connectivity index (χ2n) is 5.10. The lowest BCUT2D eigenvalue weighted by Gasteiger charge is -2.22. The van der Waals surface area contributed by atoms with Gasteiger partial charge >= 0.3 is 0 Å². The molecule has 0 bridgehead atoms. The maximum Gasteiger partial charge on any atom is 0.00683 e. The van der Waals surface area contributed by atoms with Crippen molar-refractivity contribution in [1.29, 1.82) is 0 Å². The number of rotatable bonds is 3. The molecule has 74 valence electrons. The van der Waals surface area contributed by atoms with E-state index in [1.165, 1.54) is 50.2 Å². The predicted octanol–water partition coefficient (Wildman–Crippen LogP) is 2.27. The van der Waals surface area contributed by atoms with Gasteiger partial charge in [-0.3, -0.25) is 0 Å². The Hall–Kier alpha value is 0.310. The second-order valence-corrected chi connectivity index (χ2v) is 6.21. The first kappa shape index (κ1) is 8.60. The average molecular weight is 197 g/mol. The molecule has 0 aromatic carbocycles. The zero-order chi connectivity index (χ0) is 8.73. The highest BCUT2D eigenvalue weighted by molar-refractivity contribution is 7.99. The molecule has 2 heteroatoms. The third-order valence-corrected chi connectivity index (χ3v) is 5.30. The smallest absolute Gasteiger partial charge is 0.00683 e. The standard InChI is InChI=1S/C11H19NS/c1-4-11(8-13-5-1)6-9(11)7-12-10-2-3-10/h9-10,12H,1-8H2. The summed E-state index contributed by atoms with van der Waals surface area (Å²) in [5.41, 5.74) is 0.810. The Kier molecular flexibility index (Phi) is 2.09. The molecule has 1 saturated heterocycles. The van der Waals surface area contributed by atoms with Crippen LogP contribution in [0.2, 0.25) is 0 Å². The van der Waals surface area contributed by atoms with E-state index in [9.17, 15) is 0 Å². The average Bonchev–Trinajstić information content (AvgIpc) is 3.02. The molecule has 0 radical (unpaired) electrons. The summed E-state index contributed by atoms with van der Waals surface area (Å²) in [5.74, 6) is 3.93. The number of nitrogens with one attached hydrogen (secondary N) is 1. The molecule has 3 rings (SSSR count). The van der Waals surface area contributed by atoms with Crippen molar-refractivity contribution in [1.82, 2.24) is 5.32 Å². The number of hydrogen-bond acceptors (Lipinski definition) is 2. The largest absolute Gasteiger partial charge is 0.314 e. The van der Waals surface area contributed by atoms with Gasteiger partial charge in [0.2, 0.25) is 0 Å². The van der Waals surface area contributed by atoms with Crippen molar-refractivity contribution in [3.05, 3.63) is 0 Å². The van der Waals surface area contributed by atoms with Crippen molar-refractivity contribution in [2.45, 2.75) is 38.1 Å². The number of thioether (sulfide) groups is 1. The molecule has 1 heterocycles. The van der Waals surface area contributed by atoms with E-state index in [-0.39, 0.29) is 0 Å². The van der Waals surface area contributed by atoms with Crippen LogP contribution in [0.4, 0.5) is 0 Å². The zero-order valence-corrected chi connectivity index (χ0v) is 9.04. The van der Waals surface area contributed by atoms with Gasteiger partial charge in [-0.05, 0) is 61.5 Å². The Morgan fingerprint density at radius 1 is 1.38 bits per heavy atom. The fourth-order valence-electron chi connectivity index (χ4n) is 2.67. The van der Waals surface area contributed by atoms with Crippen LogP contribution in [0.5, 0.6) is 0 Å². The Morgan fingerprint density at radius 3 is 3.00 bits per heavy atom. The molecule has 0 amide bonds. The SMILES string of the molecule is C1CSCC2(C1)CC2CNC1CC1. The topological polar surface area (TPSA) is 12.0 Å². The normalized spacial score (nSPS) is 43.8. The molecule has 3 aliphatic rings. The maximum atomic E-state index is 3.68. The molecular weight excluding hydrogens is 178 g/mol. The molecule has 0 aromatic heterocycles. The van der Waals surface area contributed by atoms with Gasteiger partial charge in [0.1, 0.15) is 0 Å². The van der Waals surface area contributed by atoms with Gasteiger partial charge in [0, 0.05) is 6.04 Å². The molecule has 13 heavy (non-hydrogen) atoms. The fourth-order valence-corrected chi connectivity index (χ4v) is 4.07. The highest BCUT2D eigenvalue weighted by Crippen LogP contribution is 2.59. The maximum absolute atomic E-state index is 3.68. The summed E-state index contributed by atoms with van der Waals surface area (Å²) in [5, 5.41) is 3.68. The first-order chi connectivity index (χ1) is 6.39. The van der Waals surface area contributed by atoms with Gasteiger partial charge in [-0.2, -0.15) is 11.8 Å². The van der Waals surface area contributed by atoms with Crippen LogP contribution in [-0.4, -0.2) is 24.1 Å². The summed E-state index contributed by atoms with van der Waals surface area (Å²) in [7, 11) is 0. The quantitative estimate of drug-likeness (QED) is 0.745. The first-order valence-electron chi connectivity index (χ1n) is 5.70. The van der Waals surface area contributed by atoms with Crippen molar-refractivity contribution in [2.75, 3.05) is 18.1 Å². The van der Waals surface area contributed by atoms with E-state index in [0.29, 0.717) is 0 Å². The van der Waals surface area contributed by atoms with E-state index >= 15 is 0 Å². The van der Waals surface area contributed by atoms with Crippen LogP contribution in [0, 0.1) is 11.3 Å². The molecule has 1 N–H and O–H groups in total. The van der Waals surface area contributed by atoms with Gasteiger partial charge in [-0.15, -0.1) is 0 Å². The Balaban J connectivity index is 1.46. The first-order valence-corrected chi connectivity index (χ1v) is 6.86. The molecule has 1 nitrogen and oxygen atoms in total. The fraction of sp³-hybridized carbons (Fsp3) is 1.00. The third kappa shape index (κ3) is 1.75. The van der Waals surface area contributed by atoms with Crippen LogP contribution >= 0.6 is 11.8 Å². The lowest BCUT2D eigenvalue weighted by molar-refractivity contribution is 0.439. The Morgan fingerprint density at radius 2 is 2.31 bits per heavy atom. The van der Waals surface area contributed by atoms with Crippen molar-refractivity contribution in [3.8, 4) is 0 Å². The summed E-state index contributed by atoms with van der Waals surface area (Å²) in [6, 6.07) is 0.911.